The van der Waals surface area contributed by atoms with E-state index in [1.165, 1.54) is 0 Å². The Bertz CT molecular complexity index is 93.1. The minimum Gasteiger partial charge on any atom is -0.481 e. The van der Waals surface area contributed by atoms with Crippen molar-refractivity contribution in [2.75, 3.05) is 5.75 Å². The van der Waals surface area contributed by atoms with Crippen molar-refractivity contribution in [1.29, 1.82) is 0 Å². The SMILES string of the molecule is CC(CCS)CC(=O)O. The molecule has 0 spiro atoms. The molecule has 0 aromatic carbocycles. The number of hydrogen-bond acceptors (Lipinski definition) is 2. The lowest BCUT2D eigenvalue weighted by Gasteiger charge is -2.03. The van der Waals surface area contributed by atoms with Gasteiger partial charge >= 0.3 is 5.97 Å². The van der Waals surface area contributed by atoms with Gasteiger partial charge in [-0.15, -0.1) is 0 Å². The van der Waals surface area contributed by atoms with Gasteiger partial charge in [-0.05, 0) is 18.1 Å². The quantitative estimate of drug-likeness (QED) is 0.592. The fourth-order valence-electron chi connectivity index (χ4n) is 0.621. The molecule has 1 N–H and O–H groups in total. The molecule has 0 aromatic rings. The minimum atomic E-state index is -0.718. The molecular weight excluding hydrogens is 136 g/mol. The van der Waals surface area contributed by atoms with Crippen LogP contribution in [-0.2, 0) is 4.79 Å². The summed E-state index contributed by atoms with van der Waals surface area (Å²) in [5, 5.41) is 8.29. The van der Waals surface area contributed by atoms with E-state index >= 15 is 0 Å². The van der Waals surface area contributed by atoms with Crippen LogP contribution in [0.3, 0.4) is 0 Å². The molecule has 0 aliphatic heterocycles. The van der Waals surface area contributed by atoms with Crippen LogP contribution < -0.4 is 0 Å². The summed E-state index contributed by atoms with van der Waals surface area (Å²) in [5.74, 6) is 0.318. The lowest BCUT2D eigenvalue weighted by Crippen LogP contribution is -2.04. The van der Waals surface area contributed by atoms with Crippen LogP contribution in [0, 0.1) is 5.92 Å². The highest BCUT2D eigenvalue weighted by atomic mass is 32.1. The first kappa shape index (κ1) is 8.82. The second-order valence-corrected chi connectivity index (χ2v) is 2.66. The van der Waals surface area contributed by atoms with Gasteiger partial charge in [0.2, 0.25) is 0 Å². The van der Waals surface area contributed by atoms with Crippen molar-refractivity contribution in [3.63, 3.8) is 0 Å². The Morgan fingerprint density at radius 2 is 2.33 bits per heavy atom. The van der Waals surface area contributed by atoms with Crippen LogP contribution in [0.15, 0.2) is 0 Å². The summed E-state index contributed by atoms with van der Waals surface area (Å²) < 4.78 is 0. The fraction of sp³-hybridized carbons (Fsp3) is 0.833. The number of rotatable bonds is 4. The van der Waals surface area contributed by atoms with Gasteiger partial charge in [0, 0.05) is 6.42 Å². The monoisotopic (exact) mass is 148 g/mol. The maximum absolute atomic E-state index is 10.1. The van der Waals surface area contributed by atoms with E-state index < -0.39 is 5.97 Å². The molecule has 2 nitrogen and oxygen atoms in total. The smallest absolute Gasteiger partial charge is 0.303 e. The summed E-state index contributed by atoms with van der Waals surface area (Å²) in [5.41, 5.74) is 0. The van der Waals surface area contributed by atoms with Crippen LogP contribution >= 0.6 is 12.6 Å². The van der Waals surface area contributed by atoms with E-state index in [1.54, 1.807) is 0 Å². The molecular formula is C6H12O2S. The molecule has 0 heterocycles. The van der Waals surface area contributed by atoms with Gasteiger partial charge in [0.1, 0.15) is 0 Å². The van der Waals surface area contributed by atoms with Crippen molar-refractivity contribution in [2.45, 2.75) is 19.8 Å². The molecule has 0 saturated carbocycles. The standard InChI is InChI=1S/C6H12O2S/c1-5(2-3-9)4-6(7)8/h5,9H,2-4H2,1H3,(H,7,8). The zero-order valence-corrected chi connectivity index (χ0v) is 6.40. The van der Waals surface area contributed by atoms with Crippen molar-refractivity contribution in [1.82, 2.24) is 0 Å². The average Bonchev–Trinajstić information content (AvgIpc) is 1.63. The van der Waals surface area contributed by atoms with Crippen LogP contribution in [0.25, 0.3) is 0 Å². The summed E-state index contributed by atoms with van der Waals surface area (Å²) in [6, 6.07) is 0. The zero-order valence-electron chi connectivity index (χ0n) is 5.50. The summed E-state index contributed by atoms with van der Waals surface area (Å²) in [6.07, 6.45) is 1.15. The average molecular weight is 148 g/mol. The van der Waals surface area contributed by atoms with E-state index in [2.05, 4.69) is 12.6 Å². The summed E-state index contributed by atoms with van der Waals surface area (Å²) in [6.45, 7) is 1.92. The van der Waals surface area contributed by atoms with Gasteiger partial charge in [-0.2, -0.15) is 12.6 Å². The highest BCUT2D eigenvalue weighted by Crippen LogP contribution is 2.07. The molecule has 0 aromatic heterocycles. The highest BCUT2D eigenvalue weighted by molar-refractivity contribution is 7.80. The van der Waals surface area contributed by atoms with Gasteiger partial charge in [0.05, 0.1) is 0 Å². The van der Waals surface area contributed by atoms with E-state index in [-0.39, 0.29) is 12.3 Å². The Balaban J connectivity index is 3.26. The fourth-order valence-corrected chi connectivity index (χ4v) is 1.06. The lowest BCUT2D eigenvalue weighted by molar-refractivity contribution is -0.137. The van der Waals surface area contributed by atoms with E-state index in [0.717, 1.165) is 12.2 Å². The maximum Gasteiger partial charge on any atom is 0.303 e. The largest absolute Gasteiger partial charge is 0.481 e. The Kier molecular flexibility index (Phi) is 4.58. The third kappa shape index (κ3) is 5.69. The molecule has 1 unspecified atom stereocenters. The number of carboxylic acid groups (broad SMARTS) is 1. The van der Waals surface area contributed by atoms with Crippen molar-refractivity contribution < 1.29 is 9.90 Å². The zero-order chi connectivity index (χ0) is 7.28. The molecule has 3 heteroatoms. The van der Waals surface area contributed by atoms with E-state index in [4.69, 9.17) is 5.11 Å². The molecule has 0 fully saturated rings. The first-order chi connectivity index (χ1) is 4.16. The Morgan fingerprint density at radius 3 is 2.67 bits per heavy atom. The first-order valence-electron chi connectivity index (χ1n) is 2.99. The lowest BCUT2D eigenvalue weighted by atomic mass is 10.1. The molecule has 0 aliphatic carbocycles. The Morgan fingerprint density at radius 1 is 1.78 bits per heavy atom. The van der Waals surface area contributed by atoms with Gasteiger partial charge in [-0.25, -0.2) is 0 Å². The van der Waals surface area contributed by atoms with Crippen molar-refractivity contribution >= 4 is 18.6 Å². The minimum absolute atomic E-state index is 0.264. The molecule has 9 heavy (non-hydrogen) atoms. The molecule has 1 atom stereocenters. The van der Waals surface area contributed by atoms with Gasteiger partial charge in [0.15, 0.2) is 0 Å². The number of hydrogen-bond donors (Lipinski definition) is 2. The summed E-state index contributed by atoms with van der Waals surface area (Å²) in [7, 11) is 0. The van der Waals surface area contributed by atoms with Crippen LogP contribution in [-0.4, -0.2) is 16.8 Å². The molecule has 0 saturated heterocycles. The number of carboxylic acids is 1. The highest BCUT2D eigenvalue weighted by Gasteiger charge is 2.04. The third-order valence-corrected chi connectivity index (χ3v) is 1.40. The van der Waals surface area contributed by atoms with Gasteiger partial charge in [-0.3, -0.25) is 4.79 Å². The topological polar surface area (TPSA) is 37.3 Å². The van der Waals surface area contributed by atoms with Crippen molar-refractivity contribution in [3.05, 3.63) is 0 Å². The van der Waals surface area contributed by atoms with Gasteiger partial charge in [-0.1, -0.05) is 6.92 Å². The molecule has 0 amide bonds. The summed E-state index contributed by atoms with van der Waals surface area (Å²) >= 11 is 3.99. The first-order valence-corrected chi connectivity index (χ1v) is 3.62. The van der Waals surface area contributed by atoms with Crippen LogP contribution in [0.4, 0.5) is 0 Å². The second-order valence-electron chi connectivity index (χ2n) is 2.22. The van der Waals surface area contributed by atoms with Crippen LogP contribution in [0.2, 0.25) is 0 Å². The van der Waals surface area contributed by atoms with Gasteiger partial charge in [0.25, 0.3) is 0 Å². The third-order valence-electron chi connectivity index (χ3n) is 1.14. The van der Waals surface area contributed by atoms with Gasteiger partial charge < -0.3 is 5.11 Å². The molecule has 0 radical (unpaired) electrons. The number of carbonyl (C=O) groups is 1. The van der Waals surface area contributed by atoms with Crippen molar-refractivity contribution in [3.8, 4) is 0 Å². The van der Waals surface area contributed by atoms with Crippen LogP contribution in [0.1, 0.15) is 19.8 Å². The predicted octanol–water partition coefficient (Wildman–Crippen LogP) is 1.42. The van der Waals surface area contributed by atoms with E-state index in [0.29, 0.717) is 0 Å². The van der Waals surface area contributed by atoms with Crippen LogP contribution in [0.5, 0.6) is 0 Å². The predicted molar refractivity (Wildman–Crippen MR) is 39.9 cm³/mol. The number of aliphatic carboxylic acids is 1. The molecule has 0 rings (SSSR count). The molecule has 0 aliphatic rings. The molecule has 0 bridgehead atoms. The number of thiol groups is 1. The Labute approximate surface area is 60.7 Å². The van der Waals surface area contributed by atoms with E-state index in [9.17, 15) is 4.79 Å². The second kappa shape index (κ2) is 4.68. The Hall–Kier alpha value is -0.180. The van der Waals surface area contributed by atoms with E-state index in [1.807, 2.05) is 6.92 Å². The molecule has 54 valence electrons. The maximum atomic E-state index is 10.1. The normalized spacial score (nSPS) is 13.1. The van der Waals surface area contributed by atoms with Crippen molar-refractivity contribution in [2.24, 2.45) is 5.92 Å². The summed E-state index contributed by atoms with van der Waals surface area (Å²) in [4.78, 5) is 10.1.